The number of hydrogen-bond acceptors (Lipinski definition) is 2. The highest BCUT2D eigenvalue weighted by Gasteiger charge is 2.21. The van der Waals surface area contributed by atoms with Gasteiger partial charge in [-0.3, -0.25) is 4.79 Å². The fourth-order valence-corrected chi connectivity index (χ4v) is 1.79. The van der Waals surface area contributed by atoms with Gasteiger partial charge in [-0.2, -0.15) is 0 Å². The summed E-state index contributed by atoms with van der Waals surface area (Å²) < 4.78 is 5.20. The van der Waals surface area contributed by atoms with E-state index in [-0.39, 0.29) is 11.9 Å². The number of aryl methyl sites for hydroxylation is 1. The Bertz CT molecular complexity index is 333. The van der Waals surface area contributed by atoms with Crippen LogP contribution in [0.2, 0.25) is 0 Å². The van der Waals surface area contributed by atoms with Crippen LogP contribution in [0, 0.1) is 6.92 Å². The molecule has 15 heavy (non-hydrogen) atoms. The summed E-state index contributed by atoms with van der Waals surface area (Å²) in [7, 11) is 0. The van der Waals surface area contributed by atoms with Crippen molar-refractivity contribution in [3.8, 4) is 0 Å². The van der Waals surface area contributed by atoms with Crippen molar-refractivity contribution in [2.75, 3.05) is 11.9 Å². The highest BCUT2D eigenvalue weighted by molar-refractivity contribution is 9.09. The number of carbonyl (C=O) groups is 1. The molecule has 0 bridgehead atoms. The zero-order chi connectivity index (χ0) is 11.4. The van der Waals surface area contributed by atoms with Gasteiger partial charge in [-0.05, 0) is 26.8 Å². The van der Waals surface area contributed by atoms with Crippen LogP contribution in [0.5, 0.6) is 0 Å². The Hall–Kier alpha value is -0.770. The van der Waals surface area contributed by atoms with Crippen molar-refractivity contribution < 1.29 is 9.21 Å². The molecular formula is C11H16BrNO2. The van der Waals surface area contributed by atoms with Gasteiger partial charge in [-0.25, -0.2) is 0 Å². The number of amides is 1. The van der Waals surface area contributed by atoms with Crippen LogP contribution >= 0.6 is 15.9 Å². The van der Waals surface area contributed by atoms with Gasteiger partial charge >= 0.3 is 0 Å². The van der Waals surface area contributed by atoms with Gasteiger partial charge < -0.3 is 9.32 Å². The number of halogens is 1. The van der Waals surface area contributed by atoms with Crippen molar-refractivity contribution >= 4 is 21.8 Å². The summed E-state index contributed by atoms with van der Waals surface area (Å²) in [5.41, 5.74) is 0.889. The minimum absolute atomic E-state index is 0.0352. The number of furan rings is 1. The van der Waals surface area contributed by atoms with Crippen LogP contribution in [0.1, 0.15) is 30.0 Å². The standard InChI is InChI=1S/C11H16BrNO2/c1-8(2)13(6-5-12)11(14)10-9(3)4-7-15-10/h4,7-8H,5-6H2,1-3H3. The molecule has 1 aromatic rings. The van der Waals surface area contributed by atoms with Crippen molar-refractivity contribution in [1.82, 2.24) is 4.90 Å². The van der Waals surface area contributed by atoms with Gasteiger partial charge in [0.1, 0.15) is 0 Å². The lowest BCUT2D eigenvalue weighted by Gasteiger charge is -2.25. The predicted molar refractivity (Wildman–Crippen MR) is 63.4 cm³/mol. The molecule has 0 spiro atoms. The van der Waals surface area contributed by atoms with E-state index < -0.39 is 0 Å². The summed E-state index contributed by atoms with van der Waals surface area (Å²) in [6, 6.07) is 1.99. The third-order valence-corrected chi connectivity index (χ3v) is 2.62. The smallest absolute Gasteiger partial charge is 0.290 e. The summed E-state index contributed by atoms with van der Waals surface area (Å²) >= 11 is 3.34. The van der Waals surface area contributed by atoms with E-state index in [1.807, 2.05) is 20.8 Å². The van der Waals surface area contributed by atoms with E-state index in [1.165, 1.54) is 0 Å². The van der Waals surface area contributed by atoms with Gasteiger partial charge in [0.25, 0.3) is 5.91 Å². The molecule has 0 atom stereocenters. The van der Waals surface area contributed by atoms with Gasteiger partial charge in [0.05, 0.1) is 6.26 Å². The molecule has 0 N–H and O–H groups in total. The average Bonchev–Trinajstić information content (AvgIpc) is 2.59. The van der Waals surface area contributed by atoms with E-state index in [0.717, 1.165) is 10.9 Å². The maximum absolute atomic E-state index is 12.1. The molecular weight excluding hydrogens is 258 g/mol. The Morgan fingerprint density at radius 1 is 1.60 bits per heavy atom. The van der Waals surface area contributed by atoms with Crippen LogP contribution in [-0.2, 0) is 0 Å². The first-order valence-electron chi connectivity index (χ1n) is 4.99. The average molecular weight is 274 g/mol. The molecule has 0 fully saturated rings. The van der Waals surface area contributed by atoms with Crippen LogP contribution in [-0.4, -0.2) is 28.7 Å². The van der Waals surface area contributed by atoms with Crippen molar-refractivity contribution in [1.29, 1.82) is 0 Å². The van der Waals surface area contributed by atoms with Gasteiger partial charge in [-0.15, -0.1) is 0 Å². The first-order valence-corrected chi connectivity index (χ1v) is 6.11. The molecule has 0 aliphatic heterocycles. The maximum Gasteiger partial charge on any atom is 0.290 e. The first kappa shape index (κ1) is 12.3. The summed E-state index contributed by atoms with van der Waals surface area (Å²) in [4.78, 5) is 13.9. The molecule has 0 aliphatic rings. The minimum atomic E-state index is -0.0352. The van der Waals surface area contributed by atoms with Gasteiger partial charge in [0.2, 0.25) is 0 Å². The highest BCUT2D eigenvalue weighted by Crippen LogP contribution is 2.14. The third kappa shape index (κ3) is 2.84. The molecule has 0 aliphatic carbocycles. The second-order valence-electron chi connectivity index (χ2n) is 3.71. The Morgan fingerprint density at radius 2 is 2.27 bits per heavy atom. The number of alkyl halides is 1. The normalized spacial score (nSPS) is 10.7. The van der Waals surface area contributed by atoms with E-state index in [2.05, 4.69) is 15.9 Å². The van der Waals surface area contributed by atoms with Gasteiger partial charge in [0.15, 0.2) is 5.76 Å². The molecule has 1 aromatic heterocycles. The minimum Gasteiger partial charge on any atom is -0.459 e. The Morgan fingerprint density at radius 3 is 2.67 bits per heavy atom. The van der Waals surface area contributed by atoms with E-state index >= 15 is 0 Å². The largest absolute Gasteiger partial charge is 0.459 e. The molecule has 3 nitrogen and oxygen atoms in total. The number of nitrogens with zero attached hydrogens (tertiary/aromatic N) is 1. The molecule has 0 unspecified atom stereocenters. The van der Waals surface area contributed by atoms with Gasteiger partial charge in [0, 0.05) is 23.5 Å². The lowest BCUT2D eigenvalue weighted by molar-refractivity contribution is 0.0686. The van der Waals surface area contributed by atoms with Gasteiger partial charge in [-0.1, -0.05) is 15.9 Å². The predicted octanol–water partition coefficient (Wildman–Crippen LogP) is 2.83. The summed E-state index contributed by atoms with van der Waals surface area (Å²) in [5.74, 6) is 0.414. The summed E-state index contributed by atoms with van der Waals surface area (Å²) in [5, 5.41) is 0.774. The van der Waals surface area contributed by atoms with Crippen LogP contribution in [0.15, 0.2) is 16.7 Å². The third-order valence-electron chi connectivity index (χ3n) is 2.27. The highest BCUT2D eigenvalue weighted by atomic mass is 79.9. The van der Waals surface area contributed by atoms with Crippen molar-refractivity contribution in [3.05, 3.63) is 23.7 Å². The Labute approximate surface area is 98.6 Å². The Kier molecular flexibility index (Phi) is 4.39. The molecule has 0 saturated carbocycles. The van der Waals surface area contributed by atoms with E-state index in [9.17, 15) is 4.79 Å². The molecule has 0 aromatic carbocycles. The van der Waals surface area contributed by atoms with Crippen LogP contribution in [0.4, 0.5) is 0 Å². The zero-order valence-corrected chi connectivity index (χ0v) is 10.9. The second-order valence-corrected chi connectivity index (χ2v) is 4.51. The molecule has 1 heterocycles. The molecule has 0 saturated heterocycles. The fraction of sp³-hybridized carbons (Fsp3) is 0.545. The molecule has 1 rings (SSSR count). The molecule has 0 radical (unpaired) electrons. The SMILES string of the molecule is Cc1ccoc1C(=O)N(CCBr)C(C)C. The number of hydrogen-bond donors (Lipinski definition) is 0. The van der Waals surface area contributed by atoms with Crippen LogP contribution in [0.3, 0.4) is 0 Å². The van der Waals surface area contributed by atoms with E-state index in [0.29, 0.717) is 12.3 Å². The number of carbonyl (C=O) groups excluding carboxylic acids is 1. The lowest BCUT2D eigenvalue weighted by atomic mass is 10.2. The van der Waals surface area contributed by atoms with Crippen LogP contribution < -0.4 is 0 Å². The fourth-order valence-electron chi connectivity index (χ4n) is 1.41. The van der Waals surface area contributed by atoms with E-state index in [1.54, 1.807) is 17.2 Å². The summed E-state index contributed by atoms with van der Waals surface area (Å²) in [6.45, 7) is 6.57. The quantitative estimate of drug-likeness (QED) is 0.791. The second kappa shape index (κ2) is 5.35. The van der Waals surface area contributed by atoms with Crippen molar-refractivity contribution in [3.63, 3.8) is 0 Å². The summed E-state index contributed by atoms with van der Waals surface area (Å²) in [6.07, 6.45) is 1.55. The van der Waals surface area contributed by atoms with E-state index in [4.69, 9.17) is 4.42 Å². The van der Waals surface area contributed by atoms with Crippen LogP contribution in [0.25, 0.3) is 0 Å². The molecule has 84 valence electrons. The molecule has 4 heteroatoms. The maximum atomic E-state index is 12.1. The van der Waals surface area contributed by atoms with Crippen molar-refractivity contribution in [2.45, 2.75) is 26.8 Å². The monoisotopic (exact) mass is 273 g/mol. The number of rotatable bonds is 4. The first-order chi connectivity index (χ1) is 7.07. The molecule has 1 amide bonds. The lowest BCUT2D eigenvalue weighted by Crippen LogP contribution is -2.38. The topological polar surface area (TPSA) is 33.5 Å². The zero-order valence-electron chi connectivity index (χ0n) is 9.29. The van der Waals surface area contributed by atoms with Crippen molar-refractivity contribution in [2.24, 2.45) is 0 Å². The Balaban J connectivity index is 2.86.